The Labute approximate surface area is 226 Å². The van der Waals surface area contributed by atoms with Crippen LogP contribution in [0.25, 0.3) is 0 Å². The van der Waals surface area contributed by atoms with E-state index in [0.717, 1.165) is 20.5 Å². The number of benzene rings is 3. The highest BCUT2D eigenvalue weighted by atomic mass is 35.5. The van der Waals surface area contributed by atoms with Crippen molar-refractivity contribution in [2.24, 2.45) is 0 Å². The molecule has 0 aromatic heterocycles. The number of halogens is 1. The standard InChI is InChI=1S/C26H29ClN2O4S3/c1-3-33-25-11-7-6-10-24(25)29(36(31,32)22-14-12-21(34-2)13-15-22)18-26(30)28-16-17-35-19-20-8-4-5-9-23(20)27/h4-15H,3,16-19H2,1-2H3,(H,28,30). The molecule has 0 aliphatic carbocycles. The maximum atomic E-state index is 13.7. The Bertz CT molecular complexity index is 1250. The molecule has 192 valence electrons. The van der Waals surface area contributed by atoms with Crippen molar-refractivity contribution in [3.8, 4) is 5.75 Å². The van der Waals surface area contributed by atoms with Crippen molar-refractivity contribution >= 4 is 56.7 Å². The fourth-order valence-corrected chi connectivity index (χ4v) is 6.35. The minimum Gasteiger partial charge on any atom is -0.492 e. The molecule has 0 aliphatic rings. The van der Waals surface area contributed by atoms with Gasteiger partial charge in [-0.3, -0.25) is 9.10 Å². The topological polar surface area (TPSA) is 75.7 Å². The van der Waals surface area contributed by atoms with Gasteiger partial charge in [-0.2, -0.15) is 11.8 Å². The number of thioether (sulfide) groups is 2. The van der Waals surface area contributed by atoms with Gasteiger partial charge in [0, 0.05) is 28.0 Å². The highest BCUT2D eigenvalue weighted by Crippen LogP contribution is 2.33. The Hall–Kier alpha value is -2.33. The SMILES string of the molecule is CCOc1ccccc1N(CC(=O)NCCSCc1ccccc1Cl)S(=O)(=O)c1ccc(SC)cc1. The van der Waals surface area contributed by atoms with Crippen molar-refractivity contribution in [1.82, 2.24) is 5.32 Å². The summed E-state index contributed by atoms with van der Waals surface area (Å²) < 4.78 is 34.1. The Morgan fingerprint density at radius 2 is 1.72 bits per heavy atom. The first-order valence-corrected chi connectivity index (χ1v) is 15.5. The molecule has 0 unspecified atom stereocenters. The zero-order valence-corrected chi connectivity index (χ0v) is 23.4. The van der Waals surface area contributed by atoms with Crippen LogP contribution in [0.5, 0.6) is 5.75 Å². The van der Waals surface area contributed by atoms with E-state index in [2.05, 4.69) is 5.32 Å². The van der Waals surface area contributed by atoms with Crippen molar-refractivity contribution in [1.29, 1.82) is 0 Å². The molecule has 1 N–H and O–H groups in total. The van der Waals surface area contributed by atoms with Crippen LogP contribution in [0.15, 0.2) is 82.6 Å². The molecule has 1 amide bonds. The van der Waals surface area contributed by atoms with Gasteiger partial charge in [-0.05, 0) is 61.2 Å². The number of nitrogens with zero attached hydrogens (tertiary/aromatic N) is 1. The molecule has 0 saturated carbocycles. The number of amides is 1. The van der Waals surface area contributed by atoms with Crippen LogP contribution in [0, 0.1) is 0 Å². The molecule has 0 aliphatic heterocycles. The molecule has 0 heterocycles. The van der Waals surface area contributed by atoms with Crippen LogP contribution in [0.4, 0.5) is 5.69 Å². The second-order valence-electron chi connectivity index (χ2n) is 7.58. The van der Waals surface area contributed by atoms with Gasteiger partial charge in [-0.15, -0.1) is 11.8 Å². The van der Waals surface area contributed by atoms with E-state index in [4.69, 9.17) is 16.3 Å². The molecule has 3 rings (SSSR count). The summed E-state index contributed by atoms with van der Waals surface area (Å²) in [5.74, 6) is 1.38. The van der Waals surface area contributed by atoms with Crippen molar-refractivity contribution in [3.63, 3.8) is 0 Å². The average Bonchev–Trinajstić information content (AvgIpc) is 2.88. The quantitative estimate of drug-likeness (QED) is 0.212. The van der Waals surface area contributed by atoms with E-state index in [-0.39, 0.29) is 11.4 Å². The largest absolute Gasteiger partial charge is 0.492 e. The van der Waals surface area contributed by atoms with Crippen LogP contribution in [-0.2, 0) is 20.6 Å². The van der Waals surface area contributed by atoms with Gasteiger partial charge in [-0.25, -0.2) is 8.42 Å². The molecule has 3 aromatic rings. The van der Waals surface area contributed by atoms with Crippen LogP contribution in [0.3, 0.4) is 0 Å². The lowest BCUT2D eigenvalue weighted by atomic mass is 10.2. The van der Waals surface area contributed by atoms with Crippen molar-refractivity contribution in [2.45, 2.75) is 22.5 Å². The number of rotatable bonds is 13. The van der Waals surface area contributed by atoms with Gasteiger partial charge in [0.1, 0.15) is 12.3 Å². The van der Waals surface area contributed by atoms with Gasteiger partial charge in [0.15, 0.2) is 0 Å². The summed E-state index contributed by atoms with van der Waals surface area (Å²) in [6, 6.07) is 21.1. The Morgan fingerprint density at radius 1 is 1.03 bits per heavy atom. The highest BCUT2D eigenvalue weighted by Gasteiger charge is 2.29. The Balaban J connectivity index is 1.73. The van der Waals surface area contributed by atoms with E-state index in [0.29, 0.717) is 35.4 Å². The fraction of sp³-hybridized carbons (Fsp3) is 0.269. The molecule has 0 bridgehead atoms. The maximum absolute atomic E-state index is 13.7. The summed E-state index contributed by atoms with van der Waals surface area (Å²) in [6.45, 7) is 2.22. The number of ether oxygens (including phenoxy) is 1. The predicted octanol–water partition coefficient (Wildman–Crippen LogP) is 5.71. The lowest BCUT2D eigenvalue weighted by Crippen LogP contribution is -2.41. The smallest absolute Gasteiger partial charge is 0.264 e. The number of carbonyl (C=O) groups is 1. The predicted molar refractivity (Wildman–Crippen MR) is 151 cm³/mol. The van der Waals surface area contributed by atoms with Gasteiger partial charge in [0.05, 0.1) is 17.2 Å². The fourth-order valence-electron chi connectivity index (χ4n) is 3.36. The Morgan fingerprint density at radius 3 is 2.42 bits per heavy atom. The Kier molecular flexibility index (Phi) is 10.9. The highest BCUT2D eigenvalue weighted by molar-refractivity contribution is 7.98. The van der Waals surface area contributed by atoms with Crippen LogP contribution < -0.4 is 14.4 Å². The monoisotopic (exact) mass is 564 g/mol. The number of hydrogen-bond donors (Lipinski definition) is 1. The van der Waals surface area contributed by atoms with Gasteiger partial charge in [0.2, 0.25) is 5.91 Å². The van der Waals surface area contributed by atoms with E-state index in [1.54, 1.807) is 60.3 Å². The number of nitrogens with one attached hydrogen (secondary N) is 1. The molecule has 0 atom stereocenters. The molecule has 6 nitrogen and oxygen atoms in total. The lowest BCUT2D eigenvalue weighted by molar-refractivity contribution is -0.119. The summed E-state index contributed by atoms with van der Waals surface area (Å²) in [6.07, 6.45) is 1.92. The molecular formula is C26H29ClN2O4S3. The third-order valence-corrected chi connectivity index (χ3v) is 9.05. The van der Waals surface area contributed by atoms with E-state index in [1.165, 1.54) is 11.8 Å². The summed E-state index contributed by atoms with van der Waals surface area (Å²) in [5, 5.41) is 3.55. The van der Waals surface area contributed by atoms with Crippen LogP contribution in [0.1, 0.15) is 12.5 Å². The second-order valence-corrected chi connectivity index (χ2v) is 11.8. The number of carbonyl (C=O) groups excluding carboxylic acids is 1. The third-order valence-electron chi connectivity index (χ3n) is 5.15. The number of sulfonamides is 1. The van der Waals surface area contributed by atoms with E-state index < -0.39 is 15.9 Å². The summed E-state index contributed by atoms with van der Waals surface area (Å²) in [4.78, 5) is 13.9. The molecule has 0 spiro atoms. The van der Waals surface area contributed by atoms with Gasteiger partial charge in [-0.1, -0.05) is 41.9 Å². The molecular weight excluding hydrogens is 536 g/mol. The average molecular weight is 565 g/mol. The maximum Gasteiger partial charge on any atom is 0.264 e. The number of para-hydroxylation sites is 2. The molecule has 3 aromatic carbocycles. The van der Waals surface area contributed by atoms with E-state index in [9.17, 15) is 13.2 Å². The number of hydrogen-bond acceptors (Lipinski definition) is 6. The lowest BCUT2D eigenvalue weighted by Gasteiger charge is -2.26. The zero-order valence-electron chi connectivity index (χ0n) is 20.1. The molecule has 36 heavy (non-hydrogen) atoms. The van der Waals surface area contributed by atoms with Crippen molar-refractivity contribution in [2.75, 3.05) is 36.0 Å². The summed E-state index contributed by atoms with van der Waals surface area (Å²) in [5.41, 5.74) is 1.35. The normalized spacial score (nSPS) is 11.2. The molecule has 0 fully saturated rings. The second kappa shape index (κ2) is 13.8. The van der Waals surface area contributed by atoms with E-state index >= 15 is 0 Å². The van der Waals surface area contributed by atoms with Crippen LogP contribution in [0.2, 0.25) is 5.02 Å². The third kappa shape index (κ3) is 7.59. The number of anilines is 1. The van der Waals surface area contributed by atoms with E-state index in [1.807, 2.05) is 37.4 Å². The zero-order chi connectivity index (χ0) is 26.0. The van der Waals surface area contributed by atoms with Gasteiger partial charge < -0.3 is 10.1 Å². The molecule has 0 saturated heterocycles. The molecule has 0 radical (unpaired) electrons. The molecule has 10 heteroatoms. The van der Waals surface area contributed by atoms with Crippen molar-refractivity contribution in [3.05, 3.63) is 83.4 Å². The van der Waals surface area contributed by atoms with Gasteiger partial charge in [0.25, 0.3) is 10.0 Å². The van der Waals surface area contributed by atoms with Gasteiger partial charge >= 0.3 is 0 Å². The summed E-state index contributed by atoms with van der Waals surface area (Å²) >= 11 is 9.35. The van der Waals surface area contributed by atoms with Crippen molar-refractivity contribution < 1.29 is 17.9 Å². The van der Waals surface area contributed by atoms with Crippen LogP contribution >= 0.6 is 35.1 Å². The minimum atomic E-state index is -4.03. The minimum absolute atomic E-state index is 0.106. The van der Waals surface area contributed by atoms with Crippen LogP contribution in [-0.4, -0.2) is 46.0 Å². The first-order valence-electron chi connectivity index (χ1n) is 11.3. The first-order chi connectivity index (χ1) is 17.4. The summed E-state index contributed by atoms with van der Waals surface area (Å²) in [7, 11) is -4.03. The first kappa shape index (κ1) is 28.2.